The Labute approximate surface area is 235 Å². The highest BCUT2D eigenvalue weighted by atomic mass is 19.1. The number of hydrogen-bond donors (Lipinski definition) is 1. The Morgan fingerprint density at radius 1 is 1.02 bits per heavy atom. The highest BCUT2D eigenvalue weighted by molar-refractivity contribution is 5.89. The Bertz CT molecular complexity index is 1330. The SMILES string of the molecule is C=CC[C@H]1OC(Oc2ccc(CCNC(C)=O)c(-c3cccc(F)c3)c2)C(OC(=O)c2ccccc2)[C@H](C)[C@H]1C. The molecule has 40 heavy (non-hydrogen) atoms. The van der Waals surface area contributed by atoms with Crippen molar-refractivity contribution >= 4 is 11.9 Å². The largest absolute Gasteiger partial charge is 0.461 e. The number of carbonyl (C=O) groups excluding carboxylic acids is 2. The molecule has 0 aliphatic carbocycles. The number of halogens is 1. The zero-order chi connectivity index (χ0) is 28.6. The fraction of sp³-hybridized carbons (Fsp3) is 0.333. The minimum absolute atomic E-state index is 0.0593. The summed E-state index contributed by atoms with van der Waals surface area (Å²) < 4.78 is 32.9. The molecular weight excluding hydrogens is 509 g/mol. The average Bonchev–Trinajstić information content (AvgIpc) is 2.94. The van der Waals surface area contributed by atoms with Gasteiger partial charge in [0.05, 0.1) is 11.7 Å². The molecule has 1 fully saturated rings. The second-order valence-electron chi connectivity index (χ2n) is 10.2. The van der Waals surface area contributed by atoms with Gasteiger partial charge in [0, 0.05) is 19.4 Å². The van der Waals surface area contributed by atoms with Crippen LogP contribution in [0.5, 0.6) is 5.75 Å². The van der Waals surface area contributed by atoms with E-state index in [9.17, 15) is 14.0 Å². The van der Waals surface area contributed by atoms with Crippen LogP contribution in [0.2, 0.25) is 0 Å². The van der Waals surface area contributed by atoms with Gasteiger partial charge < -0.3 is 19.5 Å². The maximum Gasteiger partial charge on any atom is 0.338 e. The lowest BCUT2D eigenvalue weighted by Crippen LogP contribution is -2.53. The van der Waals surface area contributed by atoms with E-state index < -0.39 is 18.4 Å². The van der Waals surface area contributed by atoms with E-state index in [0.717, 1.165) is 11.1 Å². The van der Waals surface area contributed by atoms with Gasteiger partial charge in [-0.15, -0.1) is 6.58 Å². The third kappa shape index (κ3) is 7.16. The van der Waals surface area contributed by atoms with Gasteiger partial charge in [-0.2, -0.15) is 0 Å². The van der Waals surface area contributed by atoms with Crippen LogP contribution >= 0.6 is 0 Å². The van der Waals surface area contributed by atoms with Crippen LogP contribution in [0.15, 0.2) is 85.5 Å². The molecule has 0 aromatic heterocycles. The van der Waals surface area contributed by atoms with Gasteiger partial charge in [0.25, 0.3) is 0 Å². The first-order chi connectivity index (χ1) is 19.3. The number of nitrogens with one attached hydrogen (secondary N) is 1. The number of rotatable bonds is 10. The molecule has 6 nitrogen and oxygen atoms in total. The Morgan fingerprint density at radius 2 is 1.80 bits per heavy atom. The van der Waals surface area contributed by atoms with Crippen LogP contribution in [0.1, 0.15) is 43.1 Å². The summed E-state index contributed by atoms with van der Waals surface area (Å²) in [5, 5.41) is 2.81. The predicted octanol–water partition coefficient (Wildman–Crippen LogP) is 6.35. The summed E-state index contributed by atoms with van der Waals surface area (Å²) >= 11 is 0. The van der Waals surface area contributed by atoms with Crippen molar-refractivity contribution in [2.75, 3.05) is 6.54 Å². The van der Waals surface area contributed by atoms with Gasteiger partial charge in [-0.25, -0.2) is 9.18 Å². The standard InChI is InChI=1S/C33H36FNO5/c1-5-10-30-21(2)22(3)31(40-32(37)25-11-7-6-8-12-25)33(39-30)38-28-16-15-24(17-18-35-23(4)36)29(20-28)26-13-9-14-27(34)19-26/h5-9,11-16,19-22,30-31,33H,1,10,17-18H2,2-4H3,(H,35,36)/t21-,22-,30-,31?,33?/m1/s1. The molecule has 5 atom stereocenters. The highest BCUT2D eigenvalue weighted by Crippen LogP contribution is 2.37. The molecule has 1 heterocycles. The van der Waals surface area contributed by atoms with Crippen molar-refractivity contribution in [2.24, 2.45) is 11.8 Å². The molecule has 1 aliphatic rings. The van der Waals surface area contributed by atoms with E-state index in [1.54, 1.807) is 30.3 Å². The Kier molecular flexibility index (Phi) is 9.72. The third-order valence-corrected chi connectivity index (χ3v) is 7.40. The molecule has 0 spiro atoms. The minimum atomic E-state index is -0.866. The topological polar surface area (TPSA) is 73.9 Å². The predicted molar refractivity (Wildman–Crippen MR) is 152 cm³/mol. The van der Waals surface area contributed by atoms with Gasteiger partial charge in [-0.05, 0) is 71.8 Å². The highest BCUT2D eigenvalue weighted by Gasteiger charge is 2.45. The van der Waals surface area contributed by atoms with Gasteiger partial charge in [0.15, 0.2) is 6.10 Å². The molecule has 210 valence electrons. The van der Waals surface area contributed by atoms with E-state index >= 15 is 0 Å². The van der Waals surface area contributed by atoms with Crippen molar-refractivity contribution in [2.45, 2.75) is 52.1 Å². The molecule has 3 aromatic carbocycles. The van der Waals surface area contributed by atoms with Crippen molar-refractivity contribution in [3.63, 3.8) is 0 Å². The van der Waals surface area contributed by atoms with Gasteiger partial charge in [-0.3, -0.25) is 4.79 Å². The number of amides is 1. The smallest absolute Gasteiger partial charge is 0.338 e. The number of ether oxygens (including phenoxy) is 3. The number of benzene rings is 3. The summed E-state index contributed by atoms with van der Waals surface area (Å²) in [5.74, 6) is -0.392. The number of esters is 1. The first-order valence-electron chi connectivity index (χ1n) is 13.6. The van der Waals surface area contributed by atoms with Gasteiger partial charge in [0.2, 0.25) is 12.2 Å². The van der Waals surface area contributed by atoms with Crippen molar-refractivity contribution in [3.05, 3.63) is 102 Å². The summed E-state index contributed by atoms with van der Waals surface area (Å²) in [6, 6.07) is 20.7. The maximum absolute atomic E-state index is 14.2. The van der Waals surface area contributed by atoms with E-state index in [1.807, 2.05) is 43.3 Å². The van der Waals surface area contributed by atoms with Crippen molar-refractivity contribution in [3.8, 4) is 16.9 Å². The lowest BCUT2D eigenvalue weighted by Gasteiger charge is -2.43. The fourth-order valence-corrected chi connectivity index (χ4v) is 5.00. The molecule has 1 aliphatic heterocycles. The van der Waals surface area contributed by atoms with Crippen LogP contribution in [-0.2, 0) is 20.7 Å². The van der Waals surface area contributed by atoms with Crippen molar-refractivity contribution in [1.29, 1.82) is 0 Å². The van der Waals surface area contributed by atoms with Gasteiger partial charge in [-0.1, -0.05) is 56.3 Å². The zero-order valence-electron chi connectivity index (χ0n) is 23.1. The average molecular weight is 546 g/mol. The Morgan fingerprint density at radius 3 is 2.50 bits per heavy atom. The monoisotopic (exact) mass is 545 g/mol. The molecule has 0 radical (unpaired) electrons. The van der Waals surface area contributed by atoms with Crippen LogP contribution in [0.3, 0.4) is 0 Å². The molecule has 0 saturated carbocycles. The molecule has 4 rings (SSSR count). The van der Waals surface area contributed by atoms with E-state index in [-0.39, 0.29) is 29.7 Å². The van der Waals surface area contributed by atoms with Gasteiger partial charge >= 0.3 is 5.97 Å². The molecule has 1 N–H and O–H groups in total. The van der Waals surface area contributed by atoms with Crippen LogP contribution in [0.4, 0.5) is 4.39 Å². The molecular formula is C33H36FNO5. The van der Waals surface area contributed by atoms with E-state index in [2.05, 4.69) is 18.8 Å². The summed E-state index contributed by atoms with van der Waals surface area (Å²) in [6.07, 6.45) is 1.30. The number of carbonyl (C=O) groups is 2. The number of hydrogen-bond acceptors (Lipinski definition) is 5. The Balaban J connectivity index is 1.65. The second kappa shape index (κ2) is 13.4. The van der Waals surface area contributed by atoms with Crippen LogP contribution in [0, 0.1) is 17.7 Å². The first-order valence-corrected chi connectivity index (χ1v) is 13.6. The van der Waals surface area contributed by atoms with Crippen LogP contribution in [-0.4, -0.2) is 36.9 Å². The second-order valence-corrected chi connectivity index (χ2v) is 10.2. The molecule has 1 amide bonds. The maximum atomic E-state index is 14.2. The van der Waals surface area contributed by atoms with Crippen LogP contribution in [0.25, 0.3) is 11.1 Å². The van der Waals surface area contributed by atoms with E-state index in [1.165, 1.54) is 19.1 Å². The third-order valence-electron chi connectivity index (χ3n) is 7.40. The quantitative estimate of drug-likeness (QED) is 0.237. The Hall–Kier alpha value is -3.97. The van der Waals surface area contributed by atoms with Crippen LogP contribution < -0.4 is 10.1 Å². The minimum Gasteiger partial charge on any atom is -0.461 e. The summed E-state index contributed by atoms with van der Waals surface area (Å²) in [7, 11) is 0. The van der Waals surface area contributed by atoms with E-state index in [4.69, 9.17) is 14.2 Å². The molecule has 0 bridgehead atoms. The molecule has 7 heteroatoms. The summed E-state index contributed by atoms with van der Waals surface area (Å²) in [5.41, 5.74) is 2.84. The molecule has 2 unspecified atom stereocenters. The van der Waals surface area contributed by atoms with Crippen molar-refractivity contribution in [1.82, 2.24) is 5.32 Å². The normalized spacial score (nSPS) is 22.2. The molecule has 3 aromatic rings. The van der Waals surface area contributed by atoms with E-state index in [0.29, 0.717) is 36.3 Å². The fourth-order valence-electron chi connectivity index (χ4n) is 5.00. The summed E-state index contributed by atoms with van der Waals surface area (Å²) in [4.78, 5) is 24.4. The van der Waals surface area contributed by atoms with Crippen molar-refractivity contribution < 1.29 is 28.2 Å². The first kappa shape index (κ1) is 29.0. The summed E-state index contributed by atoms with van der Waals surface area (Å²) in [6.45, 7) is 9.89. The lowest BCUT2D eigenvalue weighted by molar-refractivity contribution is -0.236. The lowest BCUT2D eigenvalue weighted by atomic mass is 9.82. The zero-order valence-corrected chi connectivity index (χ0v) is 23.1. The molecule has 1 saturated heterocycles. The van der Waals surface area contributed by atoms with Gasteiger partial charge in [0.1, 0.15) is 11.6 Å².